The van der Waals surface area contributed by atoms with Gasteiger partial charge in [-0.2, -0.15) is 0 Å². The van der Waals surface area contributed by atoms with Crippen molar-refractivity contribution in [2.75, 3.05) is 27.2 Å². The predicted octanol–water partition coefficient (Wildman–Crippen LogP) is 3.37. The molecule has 6 nitrogen and oxygen atoms in total. The second-order valence-electron chi connectivity index (χ2n) is 6.69. The van der Waals surface area contributed by atoms with Crippen molar-refractivity contribution in [2.24, 2.45) is 12.0 Å². The number of guanidine groups is 1. The van der Waals surface area contributed by atoms with Gasteiger partial charge in [0.15, 0.2) is 5.96 Å². The van der Waals surface area contributed by atoms with Crippen molar-refractivity contribution in [3.63, 3.8) is 0 Å². The highest BCUT2D eigenvalue weighted by Crippen LogP contribution is 2.14. The molecule has 1 heterocycles. The molecular weight excluding hydrogens is 374 g/mol. The normalized spacial score (nSPS) is 11.4. The molecule has 0 aliphatic carbocycles. The second kappa shape index (κ2) is 10.2. The van der Waals surface area contributed by atoms with Crippen molar-refractivity contribution in [1.82, 2.24) is 19.7 Å². The summed E-state index contributed by atoms with van der Waals surface area (Å²) in [5.41, 5.74) is 2.91. The van der Waals surface area contributed by atoms with E-state index in [2.05, 4.69) is 10.3 Å². The van der Waals surface area contributed by atoms with E-state index in [1.807, 2.05) is 78.8 Å². The Bertz CT molecular complexity index is 809. The number of aryl methyl sites for hydroxylation is 1. The standard InChI is InChI=1S/C21H30ClN5O/c1-6-27(7-2)20(28)17-10-8-16(9-11-17)13-24-21(23-3)26(5)15-19-12-18(22)14-25(19)4/h8-12,14H,6-7,13,15H2,1-5H3,(H,23,24). The van der Waals surface area contributed by atoms with Gasteiger partial charge in [0.25, 0.3) is 5.91 Å². The molecule has 1 aromatic heterocycles. The molecule has 2 aromatic rings. The van der Waals surface area contributed by atoms with E-state index < -0.39 is 0 Å². The van der Waals surface area contributed by atoms with Crippen molar-refractivity contribution in [1.29, 1.82) is 0 Å². The van der Waals surface area contributed by atoms with Crippen LogP contribution in [0.15, 0.2) is 41.5 Å². The fourth-order valence-corrected chi connectivity index (χ4v) is 3.34. The quantitative estimate of drug-likeness (QED) is 0.569. The van der Waals surface area contributed by atoms with E-state index in [1.54, 1.807) is 7.05 Å². The maximum absolute atomic E-state index is 12.4. The molecule has 0 aliphatic rings. The van der Waals surface area contributed by atoms with Crippen molar-refractivity contribution < 1.29 is 4.79 Å². The van der Waals surface area contributed by atoms with E-state index in [1.165, 1.54) is 0 Å². The first kappa shape index (κ1) is 21.8. The molecule has 0 spiro atoms. The first-order chi connectivity index (χ1) is 13.4. The van der Waals surface area contributed by atoms with Crippen molar-refractivity contribution in [3.05, 3.63) is 58.4 Å². The molecule has 0 bridgehead atoms. The van der Waals surface area contributed by atoms with Gasteiger partial charge in [0.05, 0.1) is 11.6 Å². The van der Waals surface area contributed by atoms with Gasteiger partial charge in [0, 0.05) is 58.2 Å². The van der Waals surface area contributed by atoms with Gasteiger partial charge in [-0.3, -0.25) is 9.79 Å². The Balaban J connectivity index is 1.96. The lowest BCUT2D eigenvalue weighted by atomic mass is 10.1. The average Bonchev–Trinajstić information content (AvgIpc) is 3.00. The summed E-state index contributed by atoms with van der Waals surface area (Å²) in [6.07, 6.45) is 1.89. The molecule has 0 saturated carbocycles. The number of benzene rings is 1. The zero-order valence-corrected chi connectivity index (χ0v) is 18.1. The minimum atomic E-state index is 0.0706. The Labute approximate surface area is 172 Å². The van der Waals surface area contributed by atoms with E-state index in [4.69, 9.17) is 11.6 Å². The van der Waals surface area contributed by atoms with Crippen LogP contribution in [0.1, 0.15) is 35.5 Å². The highest BCUT2D eigenvalue weighted by Gasteiger charge is 2.13. The summed E-state index contributed by atoms with van der Waals surface area (Å²) in [6.45, 7) is 6.74. The fourth-order valence-electron chi connectivity index (χ4n) is 3.07. The molecule has 2 rings (SSSR count). The highest BCUT2D eigenvalue weighted by atomic mass is 35.5. The Morgan fingerprint density at radius 3 is 2.36 bits per heavy atom. The summed E-state index contributed by atoms with van der Waals surface area (Å²) in [5, 5.41) is 4.09. The summed E-state index contributed by atoms with van der Waals surface area (Å²) < 4.78 is 2.01. The molecule has 0 unspecified atom stereocenters. The van der Waals surface area contributed by atoms with Crippen molar-refractivity contribution in [3.8, 4) is 0 Å². The van der Waals surface area contributed by atoms with Gasteiger partial charge in [-0.15, -0.1) is 0 Å². The van der Waals surface area contributed by atoms with Gasteiger partial charge in [0.1, 0.15) is 0 Å². The smallest absolute Gasteiger partial charge is 0.253 e. The summed E-state index contributed by atoms with van der Waals surface area (Å²) >= 11 is 6.06. The number of aromatic nitrogens is 1. The molecule has 0 saturated heterocycles. The van der Waals surface area contributed by atoms with E-state index in [9.17, 15) is 4.79 Å². The Morgan fingerprint density at radius 1 is 1.21 bits per heavy atom. The lowest BCUT2D eigenvalue weighted by Crippen LogP contribution is -2.38. The Kier molecular flexibility index (Phi) is 7.93. The van der Waals surface area contributed by atoms with Gasteiger partial charge in [0.2, 0.25) is 0 Å². The lowest BCUT2D eigenvalue weighted by molar-refractivity contribution is 0.0773. The zero-order chi connectivity index (χ0) is 20.7. The van der Waals surface area contributed by atoms with Crippen LogP contribution in [0.4, 0.5) is 0 Å². The van der Waals surface area contributed by atoms with Gasteiger partial charge in [-0.05, 0) is 37.6 Å². The number of hydrogen-bond acceptors (Lipinski definition) is 2. The van der Waals surface area contributed by atoms with Gasteiger partial charge in [-0.1, -0.05) is 23.7 Å². The van der Waals surface area contributed by atoms with Crippen LogP contribution in [-0.2, 0) is 20.1 Å². The predicted molar refractivity (Wildman–Crippen MR) is 116 cm³/mol. The molecule has 152 valence electrons. The lowest BCUT2D eigenvalue weighted by Gasteiger charge is -2.22. The first-order valence-corrected chi connectivity index (χ1v) is 9.88. The molecule has 28 heavy (non-hydrogen) atoms. The van der Waals surface area contributed by atoms with Crippen LogP contribution in [0.3, 0.4) is 0 Å². The minimum absolute atomic E-state index is 0.0706. The molecule has 0 fully saturated rings. The third kappa shape index (κ3) is 5.52. The van der Waals surface area contributed by atoms with Gasteiger partial charge in [-0.25, -0.2) is 0 Å². The number of carbonyl (C=O) groups is 1. The second-order valence-corrected chi connectivity index (χ2v) is 7.13. The number of carbonyl (C=O) groups excluding carboxylic acids is 1. The number of amides is 1. The maximum atomic E-state index is 12.4. The average molecular weight is 404 g/mol. The van der Waals surface area contributed by atoms with Crippen molar-refractivity contribution >= 4 is 23.5 Å². The summed E-state index contributed by atoms with van der Waals surface area (Å²) in [5.74, 6) is 0.863. The number of nitrogens with zero attached hydrogens (tertiary/aromatic N) is 4. The molecule has 7 heteroatoms. The number of aliphatic imine (C=N–C) groups is 1. The highest BCUT2D eigenvalue weighted by molar-refractivity contribution is 6.30. The zero-order valence-electron chi connectivity index (χ0n) is 17.4. The molecule has 1 aromatic carbocycles. The third-order valence-electron chi connectivity index (χ3n) is 4.75. The van der Waals surface area contributed by atoms with Crippen LogP contribution < -0.4 is 5.32 Å². The van der Waals surface area contributed by atoms with Crippen molar-refractivity contribution in [2.45, 2.75) is 26.9 Å². The van der Waals surface area contributed by atoms with E-state index in [0.29, 0.717) is 26.2 Å². The number of nitrogens with one attached hydrogen (secondary N) is 1. The van der Waals surface area contributed by atoms with E-state index in [0.717, 1.165) is 27.8 Å². The van der Waals surface area contributed by atoms with E-state index in [-0.39, 0.29) is 5.91 Å². The first-order valence-electron chi connectivity index (χ1n) is 9.50. The molecule has 1 amide bonds. The summed E-state index contributed by atoms with van der Waals surface area (Å²) in [6, 6.07) is 9.69. The monoisotopic (exact) mass is 403 g/mol. The van der Waals surface area contributed by atoms with Gasteiger partial charge >= 0.3 is 0 Å². The molecular formula is C21H30ClN5O. The molecule has 0 aliphatic heterocycles. The number of hydrogen-bond donors (Lipinski definition) is 1. The van der Waals surface area contributed by atoms with Crippen LogP contribution in [0.25, 0.3) is 0 Å². The molecule has 0 atom stereocenters. The number of halogens is 1. The van der Waals surface area contributed by atoms with Crippen LogP contribution in [0.5, 0.6) is 0 Å². The van der Waals surface area contributed by atoms with Crippen LogP contribution in [-0.4, -0.2) is 53.4 Å². The van der Waals surface area contributed by atoms with Crippen LogP contribution in [0, 0.1) is 0 Å². The summed E-state index contributed by atoms with van der Waals surface area (Å²) in [4.78, 5) is 20.6. The Morgan fingerprint density at radius 2 is 1.86 bits per heavy atom. The third-order valence-corrected chi connectivity index (χ3v) is 4.96. The SMILES string of the molecule is CCN(CC)C(=O)c1ccc(CNC(=NC)N(C)Cc2cc(Cl)cn2C)cc1. The topological polar surface area (TPSA) is 52.9 Å². The summed E-state index contributed by atoms with van der Waals surface area (Å²) in [7, 11) is 5.73. The molecule has 1 N–H and O–H groups in total. The Hall–Kier alpha value is -2.47. The van der Waals surface area contributed by atoms with E-state index >= 15 is 0 Å². The van der Waals surface area contributed by atoms with Crippen LogP contribution >= 0.6 is 11.6 Å². The fraction of sp³-hybridized carbons (Fsp3) is 0.429. The van der Waals surface area contributed by atoms with Crippen LogP contribution in [0.2, 0.25) is 5.02 Å². The maximum Gasteiger partial charge on any atom is 0.253 e. The minimum Gasteiger partial charge on any atom is -0.352 e. The number of rotatable bonds is 7. The molecule has 0 radical (unpaired) electrons. The van der Waals surface area contributed by atoms with Gasteiger partial charge < -0.3 is 19.7 Å². The largest absolute Gasteiger partial charge is 0.352 e.